The Morgan fingerprint density at radius 3 is 3.00 bits per heavy atom. The molecule has 2 fully saturated rings. The van der Waals surface area contributed by atoms with Gasteiger partial charge in [-0.15, -0.1) is 10.2 Å². The number of rotatable bonds is 6. The van der Waals surface area contributed by atoms with Gasteiger partial charge in [0.2, 0.25) is 0 Å². The molecule has 3 aromatic rings. The minimum atomic E-state index is 0.298. The summed E-state index contributed by atoms with van der Waals surface area (Å²) in [5, 5.41) is 8.96. The quantitative estimate of drug-likeness (QED) is 0.702. The molecule has 8 nitrogen and oxygen atoms in total. The van der Waals surface area contributed by atoms with E-state index < -0.39 is 0 Å². The fourth-order valence-corrected chi connectivity index (χ4v) is 4.79. The van der Waals surface area contributed by atoms with Gasteiger partial charge in [0.25, 0.3) is 0 Å². The second-order valence-electron chi connectivity index (χ2n) is 7.91. The minimum Gasteiger partial charge on any atom is -0.379 e. The summed E-state index contributed by atoms with van der Waals surface area (Å²) in [5.41, 5.74) is 2.73. The Kier molecular flexibility index (Phi) is 5.00. The summed E-state index contributed by atoms with van der Waals surface area (Å²) >= 11 is 0. The zero-order valence-corrected chi connectivity index (χ0v) is 16.4. The summed E-state index contributed by atoms with van der Waals surface area (Å²) in [5.74, 6) is 1.99. The standard InChI is InChI=1S/C20H28N6O2/c1-2-14-11-15(28-10-7-25-5-8-27-9-6-25)12-16(14)20-24-23-18-13-22-19-17(26(18)20)3-4-21-19/h3-4,13-16,21H,2,5-12H2,1H3/t14-,15-,16+/m1/s1. The van der Waals surface area contributed by atoms with Gasteiger partial charge in [-0.1, -0.05) is 13.3 Å². The van der Waals surface area contributed by atoms with E-state index in [4.69, 9.17) is 9.47 Å². The van der Waals surface area contributed by atoms with Gasteiger partial charge < -0.3 is 14.5 Å². The van der Waals surface area contributed by atoms with Crippen LogP contribution in [-0.4, -0.2) is 75.0 Å². The van der Waals surface area contributed by atoms with Gasteiger partial charge in [-0.25, -0.2) is 4.98 Å². The predicted octanol–water partition coefficient (Wildman–Crippen LogP) is 2.23. The van der Waals surface area contributed by atoms with Gasteiger partial charge >= 0.3 is 0 Å². The highest BCUT2D eigenvalue weighted by molar-refractivity contribution is 5.74. The molecular weight excluding hydrogens is 356 g/mol. The molecule has 1 N–H and O–H groups in total. The Hall–Kier alpha value is -2.03. The molecule has 3 atom stereocenters. The number of H-pyrrole nitrogens is 1. The van der Waals surface area contributed by atoms with Gasteiger partial charge in [-0.2, -0.15) is 0 Å². The number of hydrogen-bond acceptors (Lipinski definition) is 6. The van der Waals surface area contributed by atoms with E-state index in [0.717, 1.165) is 81.4 Å². The summed E-state index contributed by atoms with van der Waals surface area (Å²) in [4.78, 5) is 10.0. The van der Waals surface area contributed by atoms with Crippen molar-refractivity contribution in [2.45, 2.75) is 38.2 Å². The van der Waals surface area contributed by atoms with E-state index in [0.29, 0.717) is 17.9 Å². The lowest BCUT2D eigenvalue weighted by Crippen LogP contribution is -2.38. The van der Waals surface area contributed by atoms with Crippen LogP contribution in [0, 0.1) is 5.92 Å². The van der Waals surface area contributed by atoms with Crippen LogP contribution < -0.4 is 0 Å². The van der Waals surface area contributed by atoms with Gasteiger partial charge in [0, 0.05) is 31.7 Å². The third-order valence-electron chi connectivity index (χ3n) is 6.34. The molecule has 2 aliphatic rings. The average molecular weight is 384 g/mol. The first kappa shape index (κ1) is 18.0. The second kappa shape index (κ2) is 7.77. The van der Waals surface area contributed by atoms with Gasteiger partial charge in [-0.3, -0.25) is 9.30 Å². The molecule has 0 unspecified atom stereocenters. The van der Waals surface area contributed by atoms with E-state index in [1.54, 1.807) is 6.20 Å². The SMILES string of the molecule is CC[C@@H]1C[C@@H](OCCN2CCOCC2)C[C@@H]1c1nnc2cnc3[nH]ccc3n12. The highest BCUT2D eigenvalue weighted by Crippen LogP contribution is 2.42. The van der Waals surface area contributed by atoms with Crippen LogP contribution in [0.3, 0.4) is 0 Å². The Morgan fingerprint density at radius 1 is 1.25 bits per heavy atom. The van der Waals surface area contributed by atoms with Crippen molar-refractivity contribution in [1.29, 1.82) is 0 Å². The maximum atomic E-state index is 6.29. The van der Waals surface area contributed by atoms with E-state index in [1.807, 2.05) is 6.20 Å². The van der Waals surface area contributed by atoms with Crippen LogP contribution >= 0.6 is 0 Å². The summed E-state index contributed by atoms with van der Waals surface area (Å²) in [6.45, 7) is 7.76. The largest absolute Gasteiger partial charge is 0.379 e. The number of fused-ring (bicyclic) bond motifs is 3. The zero-order chi connectivity index (χ0) is 18.9. The number of nitrogens with one attached hydrogen (secondary N) is 1. The predicted molar refractivity (Wildman–Crippen MR) is 105 cm³/mol. The molecule has 0 aromatic carbocycles. The van der Waals surface area contributed by atoms with E-state index in [9.17, 15) is 0 Å². The van der Waals surface area contributed by atoms with Gasteiger partial charge in [0.15, 0.2) is 11.3 Å². The molecule has 0 bridgehead atoms. The maximum absolute atomic E-state index is 6.29. The third kappa shape index (κ3) is 3.29. The normalized spacial score (nSPS) is 26.5. The van der Waals surface area contributed by atoms with Gasteiger partial charge in [0.05, 0.1) is 37.6 Å². The second-order valence-corrected chi connectivity index (χ2v) is 7.91. The number of hydrogen-bond donors (Lipinski definition) is 1. The number of aromatic nitrogens is 5. The molecule has 150 valence electrons. The van der Waals surface area contributed by atoms with Gasteiger partial charge in [0.1, 0.15) is 5.82 Å². The van der Waals surface area contributed by atoms with Crippen molar-refractivity contribution < 1.29 is 9.47 Å². The smallest absolute Gasteiger partial charge is 0.179 e. The fourth-order valence-electron chi connectivity index (χ4n) is 4.79. The molecular formula is C20H28N6O2. The van der Waals surface area contributed by atoms with Crippen molar-refractivity contribution in [1.82, 2.24) is 29.5 Å². The topological polar surface area (TPSA) is 80.6 Å². The first-order valence-corrected chi connectivity index (χ1v) is 10.4. The Morgan fingerprint density at radius 2 is 2.14 bits per heavy atom. The van der Waals surface area contributed by atoms with Crippen molar-refractivity contribution in [3.8, 4) is 0 Å². The lowest BCUT2D eigenvalue weighted by Gasteiger charge is -2.26. The zero-order valence-electron chi connectivity index (χ0n) is 16.4. The molecule has 1 saturated heterocycles. The summed E-state index contributed by atoms with van der Waals surface area (Å²) < 4.78 is 13.9. The maximum Gasteiger partial charge on any atom is 0.179 e. The fraction of sp³-hybridized carbons (Fsp3) is 0.650. The Balaban J connectivity index is 1.31. The lowest BCUT2D eigenvalue weighted by atomic mass is 9.93. The third-order valence-corrected chi connectivity index (χ3v) is 6.34. The minimum absolute atomic E-state index is 0.298. The number of ether oxygens (including phenoxy) is 2. The number of nitrogens with zero attached hydrogens (tertiary/aromatic N) is 5. The molecule has 0 amide bonds. The molecule has 0 spiro atoms. The van der Waals surface area contributed by atoms with Crippen molar-refractivity contribution in [3.63, 3.8) is 0 Å². The van der Waals surface area contributed by atoms with E-state index >= 15 is 0 Å². The van der Waals surface area contributed by atoms with Crippen LogP contribution in [0.2, 0.25) is 0 Å². The van der Waals surface area contributed by atoms with Crippen molar-refractivity contribution >= 4 is 16.8 Å². The summed E-state index contributed by atoms with van der Waals surface area (Å²) in [7, 11) is 0. The molecule has 8 heteroatoms. The molecule has 0 radical (unpaired) electrons. The number of morpholine rings is 1. The summed E-state index contributed by atoms with van der Waals surface area (Å²) in [6, 6.07) is 2.05. The van der Waals surface area contributed by atoms with E-state index in [1.165, 1.54) is 0 Å². The highest BCUT2D eigenvalue weighted by atomic mass is 16.5. The van der Waals surface area contributed by atoms with Crippen molar-refractivity contribution in [2.75, 3.05) is 39.5 Å². The van der Waals surface area contributed by atoms with Gasteiger partial charge in [-0.05, 0) is 24.8 Å². The van der Waals surface area contributed by atoms with Crippen LogP contribution in [0.1, 0.15) is 37.9 Å². The monoisotopic (exact) mass is 384 g/mol. The molecule has 1 saturated carbocycles. The highest BCUT2D eigenvalue weighted by Gasteiger charge is 2.37. The molecule has 1 aliphatic carbocycles. The van der Waals surface area contributed by atoms with E-state index in [-0.39, 0.29) is 0 Å². The Bertz CT molecular complexity index is 931. The summed E-state index contributed by atoms with van der Waals surface area (Å²) in [6.07, 6.45) is 7.25. The van der Waals surface area contributed by atoms with Crippen LogP contribution in [0.15, 0.2) is 18.5 Å². The number of aromatic amines is 1. The average Bonchev–Trinajstić information content (AvgIpc) is 3.45. The van der Waals surface area contributed by atoms with Crippen molar-refractivity contribution in [3.05, 3.63) is 24.3 Å². The molecule has 28 heavy (non-hydrogen) atoms. The van der Waals surface area contributed by atoms with Crippen LogP contribution in [0.5, 0.6) is 0 Å². The van der Waals surface area contributed by atoms with E-state index in [2.05, 4.69) is 42.5 Å². The first-order chi connectivity index (χ1) is 13.8. The molecule has 4 heterocycles. The van der Waals surface area contributed by atoms with Crippen LogP contribution in [0.25, 0.3) is 16.8 Å². The van der Waals surface area contributed by atoms with Crippen LogP contribution in [-0.2, 0) is 9.47 Å². The lowest BCUT2D eigenvalue weighted by molar-refractivity contribution is 0.00235. The van der Waals surface area contributed by atoms with Crippen LogP contribution in [0.4, 0.5) is 0 Å². The van der Waals surface area contributed by atoms with Crippen molar-refractivity contribution in [2.24, 2.45) is 5.92 Å². The molecule has 5 rings (SSSR count). The molecule has 1 aliphatic heterocycles. The Labute approximate surface area is 164 Å². The molecule has 3 aromatic heterocycles. The first-order valence-electron chi connectivity index (χ1n) is 10.4.